The zero-order valence-corrected chi connectivity index (χ0v) is 9.45. The van der Waals surface area contributed by atoms with Gasteiger partial charge in [-0.3, -0.25) is 4.68 Å². The molecule has 1 heterocycles. The number of hydrogen-bond donors (Lipinski definition) is 1. The van der Waals surface area contributed by atoms with Crippen LogP contribution >= 0.6 is 0 Å². The van der Waals surface area contributed by atoms with Crippen molar-refractivity contribution < 1.29 is 0 Å². The van der Waals surface area contributed by atoms with Crippen LogP contribution in [0.4, 0.5) is 0 Å². The Morgan fingerprint density at radius 1 is 1.57 bits per heavy atom. The van der Waals surface area contributed by atoms with Crippen molar-refractivity contribution in [2.45, 2.75) is 39.7 Å². The molecule has 1 aromatic rings. The topological polar surface area (TPSA) is 29.9 Å². The molecular weight excluding hydrogens is 174 g/mol. The summed E-state index contributed by atoms with van der Waals surface area (Å²) >= 11 is 0. The fraction of sp³-hybridized carbons (Fsp3) is 0.727. The van der Waals surface area contributed by atoms with Gasteiger partial charge in [-0.2, -0.15) is 5.10 Å². The van der Waals surface area contributed by atoms with Crippen LogP contribution in [0.15, 0.2) is 12.4 Å². The highest BCUT2D eigenvalue weighted by molar-refractivity contribution is 5.00. The third-order valence-electron chi connectivity index (χ3n) is 2.41. The maximum absolute atomic E-state index is 4.31. The summed E-state index contributed by atoms with van der Waals surface area (Å²) < 4.78 is 2.06. The molecule has 0 spiro atoms. The minimum absolute atomic E-state index is 0.516. The summed E-state index contributed by atoms with van der Waals surface area (Å²) in [7, 11) is 0. The Morgan fingerprint density at radius 2 is 2.36 bits per heavy atom. The van der Waals surface area contributed by atoms with E-state index in [4.69, 9.17) is 0 Å². The molecule has 1 atom stereocenters. The van der Waals surface area contributed by atoms with E-state index < -0.39 is 0 Å². The summed E-state index contributed by atoms with van der Waals surface area (Å²) in [5, 5.41) is 7.64. The Labute approximate surface area is 86.5 Å². The normalized spacial score (nSPS) is 13.1. The number of nitrogens with one attached hydrogen (secondary N) is 1. The number of nitrogens with zero attached hydrogens (tertiary/aromatic N) is 2. The summed E-state index contributed by atoms with van der Waals surface area (Å²) in [6, 6.07) is 0.516. The zero-order valence-electron chi connectivity index (χ0n) is 9.45. The lowest BCUT2D eigenvalue weighted by Crippen LogP contribution is -2.15. The highest BCUT2D eigenvalue weighted by atomic mass is 15.3. The minimum atomic E-state index is 0.516. The van der Waals surface area contributed by atoms with Gasteiger partial charge in [-0.05, 0) is 45.3 Å². The Bertz CT molecular complexity index is 255. The van der Waals surface area contributed by atoms with Gasteiger partial charge < -0.3 is 5.32 Å². The van der Waals surface area contributed by atoms with Gasteiger partial charge in [0.25, 0.3) is 0 Å². The molecule has 0 amide bonds. The van der Waals surface area contributed by atoms with Crippen molar-refractivity contribution >= 4 is 0 Å². The van der Waals surface area contributed by atoms with Gasteiger partial charge in [0.05, 0.1) is 6.20 Å². The summed E-state index contributed by atoms with van der Waals surface area (Å²) in [4.78, 5) is 0. The molecule has 14 heavy (non-hydrogen) atoms. The van der Waals surface area contributed by atoms with Crippen molar-refractivity contribution in [3.8, 4) is 0 Å². The van der Waals surface area contributed by atoms with Gasteiger partial charge in [-0.15, -0.1) is 0 Å². The quantitative estimate of drug-likeness (QED) is 0.705. The van der Waals surface area contributed by atoms with Gasteiger partial charge in [0.2, 0.25) is 0 Å². The molecule has 1 unspecified atom stereocenters. The molecule has 0 aliphatic carbocycles. The Morgan fingerprint density at radius 3 is 2.93 bits per heavy atom. The largest absolute Gasteiger partial charge is 0.317 e. The summed E-state index contributed by atoms with van der Waals surface area (Å²) in [5.41, 5.74) is 1.24. The van der Waals surface area contributed by atoms with Crippen molar-refractivity contribution in [1.29, 1.82) is 0 Å². The van der Waals surface area contributed by atoms with Crippen LogP contribution in [0.5, 0.6) is 0 Å². The fourth-order valence-electron chi connectivity index (χ4n) is 1.51. The molecular formula is C11H21N3. The SMILES string of the molecule is CCNCCCC(C)n1cc(C)cn1. The predicted octanol–water partition coefficient (Wildman–Crippen LogP) is 2.14. The number of hydrogen-bond acceptors (Lipinski definition) is 2. The third kappa shape index (κ3) is 3.50. The molecule has 3 heteroatoms. The summed E-state index contributed by atoms with van der Waals surface area (Å²) in [6.07, 6.45) is 6.43. The summed E-state index contributed by atoms with van der Waals surface area (Å²) in [5.74, 6) is 0. The molecule has 0 bridgehead atoms. The van der Waals surface area contributed by atoms with E-state index in [2.05, 4.69) is 42.1 Å². The molecule has 0 fully saturated rings. The average molecular weight is 195 g/mol. The first-order valence-corrected chi connectivity index (χ1v) is 5.45. The number of rotatable bonds is 6. The van der Waals surface area contributed by atoms with Gasteiger partial charge in [0.1, 0.15) is 0 Å². The predicted molar refractivity (Wildman–Crippen MR) is 59.5 cm³/mol. The second kappa shape index (κ2) is 5.81. The van der Waals surface area contributed by atoms with Gasteiger partial charge in [-0.1, -0.05) is 6.92 Å². The Hall–Kier alpha value is -0.830. The minimum Gasteiger partial charge on any atom is -0.317 e. The smallest absolute Gasteiger partial charge is 0.0519 e. The second-order valence-electron chi connectivity index (χ2n) is 3.84. The standard InChI is InChI=1S/C11H21N3/c1-4-12-7-5-6-11(3)14-9-10(2)8-13-14/h8-9,11-12H,4-7H2,1-3H3. The molecule has 3 nitrogen and oxygen atoms in total. The van der Waals surface area contributed by atoms with Crippen LogP contribution in [0.1, 0.15) is 38.3 Å². The van der Waals surface area contributed by atoms with Gasteiger partial charge in [0, 0.05) is 12.2 Å². The van der Waals surface area contributed by atoms with Crippen LogP contribution < -0.4 is 5.32 Å². The zero-order chi connectivity index (χ0) is 10.4. The maximum atomic E-state index is 4.31. The van der Waals surface area contributed by atoms with Crippen molar-refractivity contribution in [1.82, 2.24) is 15.1 Å². The number of aromatic nitrogens is 2. The molecule has 80 valence electrons. The molecule has 0 aliphatic rings. The van der Waals surface area contributed by atoms with E-state index in [-0.39, 0.29) is 0 Å². The highest BCUT2D eigenvalue weighted by Gasteiger charge is 2.04. The van der Waals surface area contributed by atoms with E-state index in [1.54, 1.807) is 0 Å². The third-order valence-corrected chi connectivity index (χ3v) is 2.41. The van der Waals surface area contributed by atoms with Crippen LogP contribution in [-0.2, 0) is 0 Å². The first kappa shape index (κ1) is 11.2. The molecule has 1 rings (SSSR count). The van der Waals surface area contributed by atoms with E-state index in [9.17, 15) is 0 Å². The van der Waals surface area contributed by atoms with Crippen LogP contribution in [0.25, 0.3) is 0 Å². The molecule has 0 saturated carbocycles. The molecule has 1 N–H and O–H groups in total. The van der Waals surface area contributed by atoms with Crippen molar-refractivity contribution in [2.24, 2.45) is 0 Å². The van der Waals surface area contributed by atoms with Gasteiger partial charge in [-0.25, -0.2) is 0 Å². The molecule has 0 aromatic carbocycles. The molecule has 0 radical (unpaired) electrons. The Balaban J connectivity index is 2.25. The average Bonchev–Trinajstić information content (AvgIpc) is 2.59. The van der Waals surface area contributed by atoms with E-state index in [1.807, 2.05) is 6.20 Å². The Kier molecular flexibility index (Phi) is 4.66. The maximum Gasteiger partial charge on any atom is 0.0519 e. The van der Waals surface area contributed by atoms with Crippen molar-refractivity contribution in [2.75, 3.05) is 13.1 Å². The van der Waals surface area contributed by atoms with Crippen LogP contribution in [0.2, 0.25) is 0 Å². The van der Waals surface area contributed by atoms with Crippen molar-refractivity contribution in [3.63, 3.8) is 0 Å². The lowest BCUT2D eigenvalue weighted by atomic mass is 10.2. The van der Waals surface area contributed by atoms with Crippen LogP contribution in [0, 0.1) is 6.92 Å². The van der Waals surface area contributed by atoms with E-state index in [1.165, 1.54) is 18.4 Å². The van der Waals surface area contributed by atoms with Crippen molar-refractivity contribution in [3.05, 3.63) is 18.0 Å². The molecule has 0 saturated heterocycles. The van der Waals surface area contributed by atoms with E-state index >= 15 is 0 Å². The lowest BCUT2D eigenvalue weighted by molar-refractivity contribution is 0.440. The molecule has 1 aromatic heterocycles. The number of aryl methyl sites for hydroxylation is 1. The van der Waals surface area contributed by atoms with Gasteiger partial charge >= 0.3 is 0 Å². The van der Waals surface area contributed by atoms with Crippen LogP contribution in [0.3, 0.4) is 0 Å². The van der Waals surface area contributed by atoms with Crippen LogP contribution in [-0.4, -0.2) is 22.9 Å². The fourth-order valence-corrected chi connectivity index (χ4v) is 1.51. The highest BCUT2D eigenvalue weighted by Crippen LogP contribution is 2.11. The lowest BCUT2D eigenvalue weighted by Gasteiger charge is -2.11. The second-order valence-corrected chi connectivity index (χ2v) is 3.84. The van der Waals surface area contributed by atoms with E-state index in [0.29, 0.717) is 6.04 Å². The first-order valence-electron chi connectivity index (χ1n) is 5.45. The first-order chi connectivity index (χ1) is 6.74. The molecule has 0 aliphatic heterocycles. The van der Waals surface area contributed by atoms with Gasteiger partial charge in [0.15, 0.2) is 0 Å². The van der Waals surface area contributed by atoms with E-state index in [0.717, 1.165) is 13.1 Å². The summed E-state index contributed by atoms with van der Waals surface area (Å²) in [6.45, 7) is 8.61. The monoisotopic (exact) mass is 195 g/mol.